The van der Waals surface area contributed by atoms with Crippen molar-refractivity contribution in [2.45, 2.75) is 27.7 Å². The van der Waals surface area contributed by atoms with Crippen LogP contribution in [0.3, 0.4) is 0 Å². The summed E-state index contributed by atoms with van der Waals surface area (Å²) in [6.45, 7) is 8.52. The molecule has 128 valence electrons. The highest BCUT2D eigenvalue weighted by Crippen LogP contribution is 2.31. The topological polar surface area (TPSA) is 55.4 Å². The Balaban J connectivity index is 1.97. The zero-order valence-corrected chi connectivity index (χ0v) is 14.9. The van der Waals surface area contributed by atoms with Gasteiger partial charge in [0, 0.05) is 5.69 Å². The second kappa shape index (κ2) is 6.55. The molecule has 0 amide bonds. The summed E-state index contributed by atoms with van der Waals surface area (Å²) < 4.78 is 5.41. The molecule has 0 aromatic heterocycles. The Kier molecular flexibility index (Phi) is 4.45. The molecule has 3 rings (SSSR count). The van der Waals surface area contributed by atoms with Gasteiger partial charge >= 0.3 is 0 Å². The second-order valence-electron chi connectivity index (χ2n) is 6.24. The number of benzene rings is 2. The van der Waals surface area contributed by atoms with Crippen LogP contribution in [0.5, 0.6) is 5.75 Å². The van der Waals surface area contributed by atoms with Crippen LogP contribution in [0, 0.1) is 20.8 Å². The molecule has 4 heteroatoms. The Morgan fingerprint density at radius 3 is 2.16 bits per heavy atom. The third kappa shape index (κ3) is 3.07. The van der Waals surface area contributed by atoms with Crippen LogP contribution in [-0.2, 0) is 0 Å². The van der Waals surface area contributed by atoms with Gasteiger partial charge in [-0.3, -0.25) is 9.59 Å². The molecule has 0 unspecified atom stereocenters. The molecule has 0 aliphatic heterocycles. The number of hydrogen-bond donors (Lipinski definition) is 1. The standard InChI is InChI=1S/C21H21NO3/c1-5-25-16-8-6-15(7-9-16)22-19-18(20(23)21(19)24)17-11-13(3)12(2)10-14(17)4/h6-11,22H,5H2,1-4H3. The van der Waals surface area contributed by atoms with Crippen molar-refractivity contribution in [2.75, 3.05) is 11.9 Å². The molecule has 0 heterocycles. The van der Waals surface area contributed by atoms with Crippen molar-refractivity contribution in [3.63, 3.8) is 0 Å². The van der Waals surface area contributed by atoms with E-state index in [1.807, 2.05) is 64.1 Å². The van der Waals surface area contributed by atoms with Crippen molar-refractivity contribution < 1.29 is 4.74 Å². The molecule has 4 nitrogen and oxygen atoms in total. The first-order valence-electron chi connectivity index (χ1n) is 8.33. The van der Waals surface area contributed by atoms with E-state index >= 15 is 0 Å². The number of aryl methyl sites for hydroxylation is 3. The number of ether oxygens (including phenoxy) is 1. The highest BCUT2D eigenvalue weighted by molar-refractivity contribution is 5.86. The monoisotopic (exact) mass is 335 g/mol. The van der Waals surface area contributed by atoms with Gasteiger partial charge in [-0.1, -0.05) is 12.1 Å². The van der Waals surface area contributed by atoms with E-state index in [4.69, 9.17) is 4.74 Å². The normalized spacial score (nSPS) is 10.9. The Hall–Kier alpha value is -2.88. The van der Waals surface area contributed by atoms with Crippen molar-refractivity contribution in [3.05, 3.63) is 73.5 Å². The molecule has 3 aromatic rings. The summed E-state index contributed by atoms with van der Waals surface area (Å²) in [6, 6.07) is 11.3. The quantitative estimate of drug-likeness (QED) is 0.716. The predicted molar refractivity (Wildman–Crippen MR) is 102 cm³/mol. The van der Waals surface area contributed by atoms with E-state index in [-0.39, 0.29) is 0 Å². The molecule has 0 fully saturated rings. The van der Waals surface area contributed by atoms with Gasteiger partial charge in [0.05, 0.1) is 12.2 Å². The molecule has 0 saturated heterocycles. The Labute approximate surface area is 146 Å². The van der Waals surface area contributed by atoms with Gasteiger partial charge in [0.15, 0.2) is 0 Å². The van der Waals surface area contributed by atoms with Crippen LogP contribution in [0.25, 0.3) is 11.1 Å². The maximum atomic E-state index is 12.2. The van der Waals surface area contributed by atoms with Crippen molar-refractivity contribution in [3.8, 4) is 16.9 Å². The smallest absolute Gasteiger partial charge is 0.250 e. The van der Waals surface area contributed by atoms with Crippen molar-refractivity contribution >= 4 is 11.4 Å². The minimum atomic E-state index is -0.471. The number of rotatable bonds is 5. The number of hydrogen-bond acceptors (Lipinski definition) is 4. The fourth-order valence-corrected chi connectivity index (χ4v) is 2.94. The first-order valence-corrected chi connectivity index (χ1v) is 8.33. The van der Waals surface area contributed by atoms with E-state index in [9.17, 15) is 9.59 Å². The molecule has 0 saturated carbocycles. The SMILES string of the molecule is CCOc1ccc(Nc2c(-c3cc(C)c(C)cc3C)c(=O)c2=O)cc1. The lowest BCUT2D eigenvalue weighted by Crippen LogP contribution is -2.35. The molecule has 0 aliphatic rings. The summed E-state index contributed by atoms with van der Waals surface area (Å²) in [6.07, 6.45) is 0. The van der Waals surface area contributed by atoms with Crippen LogP contribution < -0.4 is 20.9 Å². The van der Waals surface area contributed by atoms with E-state index in [2.05, 4.69) is 5.32 Å². The summed E-state index contributed by atoms with van der Waals surface area (Å²) >= 11 is 0. The average molecular weight is 335 g/mol. The maximum absolute atomic E-state index is 12.2. The Morgan fingerprint density at radius 1 is 0.880 bits per heavy atom. The summed E-state index contributed by atoms with van der Waals surface area (Å²) in [4.78, 5) is 24.3. The van der Waals surface area contributed by atoms with Gasteiger partial charge in [0.25, 0.3) is 5.43 Å². The second-order valence-corrected chi connectivity index (χ2v) is 6.24. The lowest BCUT2D eigenvalue weighted by Gasteiger charge is -2.17. The molecule has 0 bridgehead atoms. The van der Waals surface area contributed by atoms with Gasteiger partial charge in [-0.15, -0.1) is 0 Å². The van der Waals surface area contributed by atoms with E-state index in [0.717, 1.165) is 28.1 Å². The minimum absolute atomic E-state index is 0.362. The zero-order valence-electron chi connectivity index (χ0n) is 14.9. The Bertz CT molecular complexity index is 993. The van der Waals surface area contributed by atoms with Gasteiger partial charge in [-0.05, 0) is 74.2 Å². The molecule has 0 radical (unpaired) electrons. The third-order valence-electron chi connectivity index (χ3n) is 4.46. The zero-order chi connectivity index (χ0) is 18.1. The summed E-state index contributed by atoms with van der Waals surface area (Å²) in [5.41, 5.74) is 4.76. The van der Waals surface area contributed by atoms with E-state index < -0.39 is 10.9 Å². The van der Waals surface area contributed by atoms with Gasteiger partial charge in [0.2, 0.25) is 5.43 Å². The largest absolute Gasteiger partial charge is 0.494 e. The fourth-order valence-electron chi connectivity index (χ4n) is 2.94. The number of anilines is 2. The molecule has 3 aromatic carbocycles. The van der Waals surface area contributed by atoms with Gasteiger partial charge in [-0.25, -0.2) is 0 Å². The summed E-state index contributed by atoms with van der Waals surface area (Å²) in [7, 11) is 0. The first-order chi connectivity index (χ1) is 11.9. The lowest BCUT2D eigenvalue weighted by atomic mass is 9.91. The van der Waals surface area contributed by atoms with Crippen LogP contribution in [0.1, 0.15) is 23.6 Å². The minimum Gasteiger partial charge on any atom is -0.494 e. The summed E-state index contributed by atoms with van der Waals surface area (Å²) in [5.74, 6) is 0.767. The molecular formula is C21H21NO3. The van der Waals surface area contributed by atoms with Crippen molar-refractivity contribution in [1.29, 1.82) is 0 Å². The molecule has 1 N–H and O–H groups in total. The number of nitrogens with one attached hydrogen (secondary N) is 1. The first kappa shape index (κ1) is 17.0. The van der Waals surface area contributed by atoms with Crippen LogP contribution in [0.4, 0.5) is 11.4 Å². The fraction of sp³-hybridized carbons (Fsp3) is 0.238. The molecular weight excluding hydrogens is 314 g/mol. The van der Waals surface area contributed by atoms with Crippen LogP contribution >= 0.6 is 0 Å². The third-order valence-corrected chi connectivity index (χ3v) is 4.46. The summed E-state index contributed by atoms with van der Waals surface area (Å²) in [5, 5.41) is 3.09. The highest BCUT2D eigenvalue weighted by atomic mass is 16.5. The van der Waals surface area contributed by atoms with E-state index in [1.54, 1.807) is 0 Å². The molecule has 0 spiro atoms. The molecule has 0 aliphatic carbocycles. The maximum Gasteiger partial charge on any atom is 0.250 e. The molecule has 0 atom stereocenters. The van der Waals surface area contributed by atoms with Crippen LogP contribution in [-0.4, -0.2) is 6.61 Å². The van der Waals surface area contributed by atoms with E-state index in [0.29, 0.717) is 17.9 Å². The highest BCUT2D eigenvalue weighted by Gasteiger charge is 2.24. The predicted octanol–water partition coefficient (Wildman–Crippen LogP) is 4.02. The Morgan fingerprint density at radius 2 is 1.52 bits per heavy atom. The van der Waals surface area contributed by atoms with Crippen molar-refractivity contribution in [1.82, 2.24) is 0 Å². The van der Waals surface area contributed by atoms with E-state index in [1.165, 1.54) is 5.56 Å². The van der Waals surface area contributed by atoms with Crippen molar-refractivity contribution in [2.24, 2.45) is 0 Å². The molecule has 25 heavy (non-hydrogen) atoms. The van der Waals surface area contributed by atoms with Gasteiger partial charge < -0.3 is 10.1 Å². The lowest BCUT2D eigenvalue weighted by molar-refractivity contribution is 0.340. The van der Waals surface area contributed by atoms with Crippen LogP contribution in [0.2, 0.25) is 0 Å². The van der Waals surface area contributed by atoms with Crippen LogP contribution in [0.15, 0.2) is 46.0 Å². The average Bonchev–Trinajstić information content (AvgIpc) is 2.60. The van der Waals surface area contributed by atoms with Gasteiger partial charge in [0.1, 0.15) is 11.4 Å². The van der Waals surface area contributed by atoms with Gasteiger partial charge in [-0.2, -0.15) is 0 Å².